The number of fused-ring (bicyclic) bond motifs is 1. The Bertz CT molecular complexity index is 1170. The first kappa shape index (κ1) is 24.9. The first-order chi connectivity index (χ1) is 17.5. The first-order valence-electron chi connectivity index (χ1n) is 12.3. The average molecular weight is 553 g/mol. The highest BCUT2D eigenvalue weighted by Crippen LogP contribution is 2.42. The van der Waals surface area contributed by atoms with E-state index in [1.165, 1.54) is 12.1 Å². The summed E-state index contributed by atoms with van der Waals surface area (Å²) in [4.78, 5) is 13.6. The molecule has 0 spiro atoms. The number of benzene rings is 3. The molecule has 1 amide bonds. The highest BCUT2D eigenvalue weighted by atomic mass is 79.9. The normalized spacial score (nSPS) is 25.2. The Morgan fingerprint density at radius 3 is 2.39 bits per heavy atom. The molecule has 5 rings (SSSR count). The van der Waals surface area contributed by atoms with Crippen molar-refractivity contribution in [1.82, 2.24) is 21.5 Å². The maximum atomic E-state index is 13.6. The lowest BCUT2D eigenvalue weighted by Gasteiger charge is -2.40. The van der Waals surface area contributed by atoms with Gasteiger partial charge >= 0.3 is 0 Å². The van der Waals surface area contributed by atoms with Gasteiger partial charge in [0, 0.05) is 28.9 Å². The van der Waals surface area contributed by atoms with Crippen LogP contribution < -0.4 is 26.2 Å². The van der Waals surface area contributed by atoms with E-state index in [1.807, 2.05) is 31.2 Å². The van der Waals surface area contributed by atoms with Gasteiger partial charge in [0.25, 0.3) is 0 Å². The van der Waals surface area contributed by atoms with E-state index in [1.54, 1.807) is 12.1 Å². The van der Waals surface area contributed by atoms with Crippen LogP contribution in [0.5, 0.6) is 5.75 Å². The van der Waals surface area contributed by atoms with Crippen LogP contribution in [-0.2, 0) is 11.3 Å². The average Bonchev–Trinajstić information content (AvgIpc) is 3.33. The van der Waals surface area contributed by atoms with E-state index in [9.17, 15) is 9.18 Å². The van der Waals surface area contributed by atoms with Crippen LogP contribution in [-0.4, -0.2) is 18.7 Å². The molecule has 5 unspecified atom stereocenters. The Morgan fingerprint density at radius 2 is 1.69 bits per heavy atom. The second-order valence-corrected chi connectivity index (χ2v) is 10.2. The fourth-order valence-corrected chi connectivity index (χ4v) is 5.52. The van der Waals surface area contributed by atoms with Crippen LogP contribution >= 0.6 is 15.9 Å². The summed E-state index contributed by atoms with van der Waals surface area (Å²) in [6.07, 6.45) is 0.561. The Balaban J connectivity index is 1.38. The van der Waals surface area contributed by atoms with E-state index in [-0.39, 0.29) is 41.8 Å². The molecule has 8 heteroatoms. The van der Waals surface area contributed by atoms with Crippen molar-refractivity contribution in [2.75, 3.05) is 6.61 Å². The number of hydrogen-bond donors (Lipinski definition) is 4. The Labute approximate surface area is 219 Å². The maximum Gasteiger partial charge on any atom is 0.223 e. The van der Waals surface area contributed by atoms with Gasteiger partial charge in [0.1, 0.15) is 11.6 Å². The zero-order valence-electron chi connectivity index (χ0n) is 20.0. The largest absolute Gasteiger partial charge is 0.494 e. The number of hydrazine groups is 1. The Hall–Kier alpha value is -2.78. The lowest BCUT2D eigenvalue weighted by atomic mass is 9.74. The molecule has 2 aliphatic rings. The number of carbonyl (C=O) groups excluding carboxylic acids is 1. The molecule has 188 valence electrons. The number of hydrogen-bond acceptors (Lipinski definition) is 5. The Kier molecular flexibility index (Phi) is 7.67. The van der Waals surface area contributed by atoms with Gasteiger partial charge in [0.05, 0.1) is 18.8 Å². The van der Waals surface area contributed by atoms with E-state index >= 15 is 0 Å². The minimum atomic E-state index is -0.287. The lowest BCUT2D eigenvalue weighted by molar-refractivity contribution is -0.129. The molecule has 5 atom stereocenters. The van der Waals surface area contributed by atoms with Crippen molar-refractivity contribution in [2.45, 2.75) is 38.1 Å². The molecule has 6 nitrogen and oxygen atoms in total. The van der Waals surface area contributed by atoms with Gasteiger partial charge in [0.15, 0.2) is 0 Å². The fourth-order valence-electron chi connectivity index (χ4n) is 5.25. The van der Waals surface area contributed by atoms with Crippen LogP contribution in [0.4, 0.5) is 4.39 Å². The van der Waals surface area contributed by atoms with Gasteiger partial charge in [-0.3, -0.25) is 10.1 Å². The molecular weight excluding hydrogens is 523 g/mol. The van der Waals surface area contributed by atoms with Gasteiger partial charge in [-0.15, -0.1) is 0 Å². The third-order valence-electron chi connectivity index (χ3n) is 7.04. The van der Waals surface area contributed by atoms with Crippen LogP contribution in [0.3, 0.4) is 0 Å². The van der Waals surface area contributed by atoms with Crippen molar-refractivity contribution in [2.24, 2.45) is 11.8 Å². The monoisotopic (exact) mass is 552 g/mol. The highest BCUT2D eigenvalue weighted by molar-refractivity contribution is 9.10. The zero-order valence-corrected chi connectivity index (χ0v) is 21.6. The number of nitrogens with one attached hydrogen (secondary N) is 4. The van der Waals surface area contributed by atoms with Gasteiger partial charge in [-0.25, -0.2) is 15.2 Å². The third kappa shape index (κ3) is 5.47. The third-order valence-corrected chi connectivity index (χ3v) is 7.57. The van der Waals surface area contributed by atoms with Crippen molar-refractivity contribution in [1.29, 1.82) is 0 Å². The van der Waals surface area contributed by atoms with Crippen molar-refractivity contribution in [3.05, 3.63) is 99.8 Å². The summed E-state index contributed by atoms with van der Waals surface area (Å²) >= 11 is 3.51. The summed E-state index contributed by atoms with van der Waals surface area (Å²) in [5, 5.41) is 6.82. The molecule has 2 aliphatic heterocycles. The molecule has 3 aromatic carbocycles. The molecule has 36 heavy (non-hydrogen) atoms. The van der Waals surface area contributed by atoms with Gasteiger partial charge in [-0.1, -0.05) is 52.3 Å². The summed E-state index contributed by atoms with van der Waals surface area (Å²) in [7, 11) is 0. The minimum Gasteiger partial charge on any atom is -0.494 e. The van der Waals surface area contributed by atoms with Crippen LogP contribution in [0, 0.1) is 17.7 Å². The zero-order chi connectivity index (χ0) is 25.1. The van der Waals surface area contributed by atoms with Crippen LogP contribution in [0.15, 0.2) is 77.3 Å². The number of amides is 1. The second-order valence-electron chi connectivity index (χ2n) is 9.28. The smallest absolute Gasteiger partial charge is 0.223 e. The number of ether oxygens (including phenoxy) is 1. The van der Waals surface area contributed by atoms with Crippen LogP contribution in [0.1, 0.15) is 42.1 Å². The molecule has 0 aliphatic carbocycles. The molecule has 0 saturated carbocycles. The van der Waals surface area contributed by atoms with E-state index in [4.69, 9.17) is 4.74 Å². The SMILES string of the molecule is CCOc1ccc(C2CC(C(=O)NCc3ccc(F)cc3)C3C(NNC3c3ccc(Br)cc3)N2)cc1. The molecule has 2 saturated heterocycles. The summed E-state index contributed by atoms with van der Waals surface area (Å²) in [5.74, 6) is 0.298. The first-order valence-corrected chi connectivity index (χ1v) is 13.1. The predicted octanol–water partition coefficient (Wildman–Crippen LogP) is 4.75. The molecular formula is C28H30BrFN4O2. The molecule has 0 aromatic heterocycles. The number of carbonyl (C=O) groups is 1. The van der Waals surface area contributed by atoms with E-state index in [0.29, 0.717) is 19.6 Å². The van der Waals surface area contributed by atoms with Crippen LogP contribution in [0.25, 0.3) is 0 Å². The van der Waals surface area contributed by atoms with Crippen molar-refractivity contribution < 1.29 is 13.9 Å². The lowest BCUT2D eigenvalue weighted by Crippen LogP contribution is -2.54. The molecule has 3 aromatic rings. The second kappa shape index (κ2) is 11.1. The van der Waals surface area contributed by atoms with Crippen molar-refractivity contribution in [3.8, 4) is 5.75 Å². The van der Waals surface area contributed by atoms with E-state index in [2.05, 4.69) is 61.7 Å². The topological polar surface area (TPSA) is 74.4 Å². The number of halogens is 2. The predicted molar refractivity (Wildman–Crippen MR) is 140 cm³/mol. The molecule has 0 radical (unpaired) electrons. The van der Waals surface area contributed by atoms with Gasteiger partial charge < -0.3 is 10.1 Å². The summed E-state index contributed by atoms with van der Waals surface area (Å²) in [6.45, 7) is 2.94. The van der Waals surface area contributed by atoms with Crippen molar-refractivity contribution in [3.63, 3.8) is 0 Å². The fraction of sp³-hybridized carbons (Fsp3) is 0.321. The van der Waals surface area contributed by atoms with Crippen LogP contribution in [0.2, 0.25) is 0 Å². The molecule has 2 heterocycles. The summed E-state index contributed by atoms with van der Waals surface area (Å²) in [5.41, 5.74) is 9.93. The highest BCUT2D eigenvalue weighted by Gasteiger charge is 2.49. The minimum absolute atomic E-state index is 0.000580. The Morgan fingerprint density at radius 1 is 1.00 bits per heavy atom. The van der Waals surface area contributed by atoms with Gasteiger partial charge in [-0.05, 0) is 66.4 Å². The summed E-state index contributed by atoms with van der Waals surface area (Å²) < 4.78 is 19.9. The van der Waals surface area contributed by atoms with E-state index in [0.717, 1.165) is 26.9 Å². The standard InChI is InChI=1S/C28H30BrFN4O2/c1-2-36-22-13-7-18(8-14-22)24-15-23(28(35)31-16-17-3-11-21(30)12-4-17)25-26(33-34-27(25)32-24)19-5-9-20(29)10-6-19/h3-14,23-27,32-34H,2,15-16H2,1H3,(H,31,35). The number of rotatable bonds is 7. The quantitative estimate of drug-likeness (QED) is 0.340. The summed E-state index contributed by atoms with van der Waals surface area (Å²) in [6, 6.07) is 22.5. The molecule has 4 N–H and O–H groups in total. The number of piperidine rings is 1. The van der Waals surface area contributed by atoms with Gasteiger partial charge in [0.2, 0.25) is 5.91 Å². The van der Waals surface area contributed by atoms with E-state index < -0.39 is 0 Å². The maximum absolute atomic E-state index is 13.6. The molecule has 2 fully saturated rings. The van der Waals surface area contributed by atoms with Gasteiger partial charge in [-0.2, -0.15) is 0 Å². The van der Waals surface area contributed by atoms with Crippen molar-refractivity contribution >= 4 is 21.8 Å². The molecule has 0 bridgehead atoms.